The average Bonchev–Trinajstić information content (AvgIpc) is 3.04. The van der Waals surface area contributed by atoms with E-state index in [0.717, 1.165) is 16.7 Å². The molecular formula is C39H38N2O4. The van der Waals surface area contributed by atoms with Crippen molar-refractivity contribution in [1.29, 1.82) is 0 Å². The van der Waals surface area contributed by atoms with Crippen LogP contribution in [0, 0.1) is 6.92 Å². The van der Waals surface area contributed by atoms with Gasteiger partial charge in [0.15, 0.2) is 0 Å². The van der Waals surface area contributed by atoms with Gasteiger partial charge >= 0.3 is 12.2 Å². The van der Waals surface area contributed by atoms with Crippen molar-refractivity contribution < 1.29 is 19.1 Å². The van der Waals surface area contributed by atoms with Gasteiger partial charge in [0, 0.05) is 22.2 Å². The van der Waals surface area contributed by atoms with E-state index in [1.54, 1.807) is 42.5 Å². The van der Waals surface area contributed by atoms with Crippen LogP contribution in [-0.2, 0) is 10.8 Å². The quantitative estimate of drug-likeness (QED) is 0.186. The third-order valence-electron chi connectivity index (χ3n) is 8.28. The van der Waals surface area contributed by atoms with Gasteiger partial charge in [0.1, 0.15) is 11.5 Å². The molecular weight excluding hydrogens is 560 g/mol. The van der Waals surface area contributed by atoms with Crippen LogP contribution in [0.2, 0.25) is 0 Å². The Bertz CT molecular complexity index is 1760. The molecule has 0 fully saturated rings. The number of benzene rings is 5. The summed E-state index contributed by atoms with van der Waals surface area (Å²) in [5.41, 5.74) is 6.00. The number of anilines is 2. The van der Waals surface area contributed by atoms with E-state index in [2.05, 4.69) is 62.6 Å². The maximum absolute atomic E-state index is 12.8. The van der Waals surface area contributed by atoms with Gasteiger partial charge in [-0.25, -0.2) is 9.59 Å². The number of ether oxygens (including phenoxy) is 2. The zero-order chi connectivity index (χ0) is 32.0. The molecule has 0 spiro atoms. The van der Waals surface area contributed by atoms with Crippen LogP contribution in [0.25, 0.3) is 0 Å². The number of amides is 2. The fourth-order valence-electron chi connectivity index (χ4n) is 5.25. The van der Waals surface area contributed by atoms with Gasteiger partial charge in [-0.15, -0.1) is 0 Å². The smallest absolute Gasteiger partial charge is 0.410 e. The molecule has 0 heterocycles. The van der Waals surface area contributed by atoms with Crippen molar-refractivity contribution in [3.05, 3.63) is 155 Å². The summed E-state index contributed by atoms with van der Waals surface area (Å²) >= 11 is 0. The Labute approximate surface area is 265 Å². The van der Waals surface area contributed by atoms with Crippen molar-refractivity contribution in [2.45, 2.75) is 45.4 Å². The lowest BCUT2D eigenvalue weighted by Crippen LogP contribution is -2.20. The SMILES string of the molecule is Cc1ccc(NC(=O)Oc2ccc(C(C)(C)c3ccccc3)cc2)cc1NC(=O)Oc1ccc(C(C)(C)c2ccccc2)cc1. The number of nitrogens with one attached hydrogen (secondary N) is 2. The minimum atomic E-state index is -0.638. The van der Waals surface area contributed by atoms with Crippen LogP contribution < -0.4 is 20.1 Å². The second-order valence-electron chi connectivity index (χ2n) is 12.1. The molecule has 0 aliphatic carbocycles. The molecule has 0 aromatic heterocycles. The van der Waals surface area contributed by atoms with Crippen molar-refractivity contribution in [3.8, 4) is 11.5 Å². The van der Waals surface area contributed by atoms with Crippen LogP contribution >= 0.6 is 0 Å². The van der Waals surface area contributed by atoms with Gasteiger partial charge in [-0.3, -0.25) is 10.6 Å². The highest BCUT2D eigenvalue weighted by Gasteiger charge is 2.24. The Morgan fingerprint density at radius 1 is 0.511 bits per heavy atom. The van der Waals surface area contributed by atoms with Crippen molar-refractivity contribution >= 4 is 23.6 Å². The predicted octanol–water partition coefficient (Wildman–Crippen LogP) is 9.87. The summed E-state index contributed by atoms with van der Waals surface area (Å²) in [6.45, 7) is 10.5. The molecule has 45 heavy (non-hydrogen) atoms. The lowest BCUT2D eigenvalue weighted by atomic mass is 9.78. The number of carbonyl (C=O) groups excluding carboxylic acids is 2. The average molecular weight is 599 g/mol. The maximum Gasteiger partial charge on any atom is 0.417 e. The van der Waals surface area contributed by atoms with Crippen molar-refractivity contribution in [2.75, 3.05) is 10.6 Å². The molecule has 0 bridgehead atoms. The molecule has 2 N–H and O–H groups in total. The molecule has 0 radical (unpaired) electrons. The summed E-state index contributed by atoms with van der Waals surface area (Å²) in [6, 6.07) is 40.7. The van der Waals surface area contributed by atoms with E-state index in [-0.39, 0.29) is 10.8 Å². The van der Waals surface area contributed by atoms with Gasteiger partial charge in [0.2, 0.25) is 0 Å². The largest absolute Gasteiger partial charge is 0.417 e. The van der Waals surface area contributed by atoms with Gasteiger partial charge in [0.05, 0.1) is 0 Å². The van der Waals surface area contributed by atoms with Gasteiger partial charge in [-0.2, -0.15) is 0 Å². The Balaban J connectivity index is 1.18. The molecule has 0 unspecified atom stereocenters. The van der Waals surface area contributed by atoms with Crippen molar-refractivity contribution in [2.24, 2.45) is 0 Å². The van der Waals surface area contributed by atoms with Gasteiger partial charge < -0.3 is 9.47 Å². The van der Waals surface area contributed by atoms with Crippen LogP contribution in [-0.4, -0.2) is 12.2 Å². The second kappa shape index (κ2) is 13.1. The molecule has 6 heteroatoms. The van der Waals surface area contributed by atoms with E-state index in [9.17, 15) is 9.59 Å². The van der Waals surface area contributed by atoms with Crippen LogP contribution in [0.5, 0.6) is 11.5 Å². The van der Waals surface area contributed by atoms with E-state index in [0.29, 0.717) is 22.9 Å². The molecule has 0 saturated carbocycles. The minimum Gasteiger partial charge on any atom is -0.410 e. The van der Waals surface area contributed by atoms with Gasteiger partial charge in [-0.05, 0) is 71.1 Å². The van der Waals surface area contributed by atoms with Crippen LogP contribution in [0.1, 0.15) is 55.5 Å². The van der Waals surface area contributed by atoms with Gasteiger partial charge in [-0.1, -0.05) is 119 Å². The van der Waals surface area contributed by atoms with Crippen LogP contribution in [0.3, 0.4) is 0 Å². The fraction of sp³-hybridized carbons (Fsp3) is 0.179. The first kappa shape index (κ1) is 31.1. The Hall–Kier alpha value is -5.36. The molecule has 5 aromatic rings. The predicted molar refractivity (Wildman–Crippen MR) is 180 cm³/mol. The first-order valence-corrected chi connectivity index (χ1v) is 14.9. The van der Waals surface area contributed by atoms with E-state index in [1.807, 2.05) is 67.6 Å². The minimum absolute atomic E-state index is 0.197. The molecule has 0 aliphatic heterocycles. The van der Waals surface area contributed by atoms with Gasteiger partial charge in [0.25, 0.3) is 0 Å². The van der Waals surface area contributed by atoms with E-state index in [1.165, 1.54) is 11.1 Å². The topological polar surface area (TPSA) is 76.7 Å². The monoisotopic (exact) mass is 598 g/mol. The number of carbonyl (C=O) groups is 2. The zero-order valence-electron chi connectivity index (χ0n) is 26.3. The summed E-state index contributed by atoms with van der Waals surface area (Å²) in [6.07, 6.45) is -1.27. The Morgan fingerprint density at radius 3 is 1.36 bits per heavy atom. The number of hydrogen-bond acceptors (Lipinski definition) is 4. The normalized spacial score (nSPS) is 11.4. The molecule has 228 valence electrons. The Kier molecular flexibility index (Phi) is 9.05. The first-order valence-electron chi connectivity index (χ1n) is 14.9. The lowest BCUT2D eigenvalue weighted by molar-refractivity contribution is 0.214. The zero-order valence-corrected chi connectivity index (χ0v) is 26.3. The highest BCUT2D eigenvalue weighted by Crippen LogP contribution is 2.33. The highest BCUT2D eigenvalue weighted by atomic mass is 16.6. The van der Waals surface area contributed by atoms with Crippen molar-refractivity contribution in [1.82, 2.24) is 0 Å². The summed E-state index contributed by atoms with van der Waals surface area (Å²) in [7, 11) is 0. The molecule has 0 aliphatic rings. The summed E-state index contributed by atoms with van der Waals surface area (Å²) in [5.74, 6) is 0.848. The second-order valence-corrected chi connectivity index (χ2v) is 12.1. The number of hydrogen-bond donors (Lipinski definition) is 2. The van der Waals surface area contributed by atoms with E-state index in [4.69, 9.17) is 9.47 Å². The van der Waals surface area contributed by atoms with E-state index < -0.39 is 12.2 Å². The molecule has 5 rings (SSSR count). The van der Waals surface area contributed by atoms with Crippen LogP contribution in [0.4, 0.5) is 21.0 Å². The fourth-order valence-corrected chi connectivity index (χ4v) is 5.25. The summed E-state index contributed by atoms with van der Waals surface area (Å²) in [4.78, 5) is 25.4. The maximum atomic E-state index is 12.8. The van der Waals surface area contributed by atoms with Crippen molar-refractivity contribution in [3.63, 3.8) is 0 Å². The van der Waals surface area contributed by atoms with E-state index >= 15 is 0 Å². The standard InChI is InChI=1S/C39H38N2O4/c1-27-16-21-32(40-36(42)44-33-22-17-30(18-23-33)38(2,3)28-12-8-6-9-13-28)26-35(27)41-37(43)45-34-24-19-31(20-25-34)39(4,5)29-14-10-7-11-15-29/h6-26H,1-5H3,(H,40,42)(H,41,43). The Morgan fingerprint density at radius 2 is 0.911 bits per heavy atom. The number of rotatable bonds is 8. The van der Waals surface area contributed by atoms with Crippen LogP contribution in [0.15, 0.2) is 127 Å². The molecule has 0 atom stereocenters. The number of aryl methyl sites for hydroxylation is 1. The lowest BCUT2D eigenvalue weighted by Gasteiger charge is -2.26. The molecule has 2 amide bonds. The third-order valence-corrected chi connectivity index (χ3v) is 8.28. The molecule has 0 saturated heterocycles. The highest BCUT2D eigenvalue weighted by molar-refractivity contribution is 5.91. The summed E-state index contributed by atoms with van der Waals surface area (Å²) < 4.78 is 11.1. The third kappa shape index (κ3) is 7.42. The molecule has 5 aromatic carbocycles. The summed E-state index contributed by atoms with van der Waals surface area (Å²) in [5, 5.41) is 5.51. The molecule has 6 nitrogen and oxygen atoms in total. The first-order chi connectivity index (χ1) is 21.5.